The Morgan fingerprint density at radius 2 is 0.593 bits per heavy atom. The summed E-state index contributed by atoms with van der Waals surface area (Å²) in [4.78, 5) is 0. The molecule has 0 aliphatic heterocycles. The van der Waals surface area contributed by atoms with Crippen molar-refractivity contribution in [3.05, 3.63) is 0 Å². The van der Waals surface area contributed by atoms with E-state index in [4.69, 9.17) is 0 Å². The van der Waals surface area contributed by atoms with Crippen LogP contribution in [0.2, 0.25) is 0 Å². The van der Waals surface area contributed by atoms with Crippen molar-refractivity contribution in [1.29, 1.82) is 0 Å². The van der Waals surface area contributed by atoms with Crippen LogP contribution in [0, 0.1) is 0 Å². The summed E-state index contributed by atoms with van der Waals surface area (Å²) in [6, 6.07) is 0. The van der Waals surface area contributed by atoms with E-state index in [0.717, 1.165) is 18.5 Å². The standard InChI is InChI=1S/C25H53OP/c1-4-7-10-13-16-19-22-25-27(26,23-20-17-14-11-8-5-2)24-21-18-15-12-9-6-3/h4-25H2,1-3H3. The van der Waals surface area contributed by atoms with Crippen molar-refractivity contribution in [2.45, 2.75) is 143 Å². The minimum absolute atomic E-state index is 1.05. The quantitative estimate of drug-likeness (QED) is 0.130. The normalized spacial score (nSPS) is 12.0. The molecule has 0 amide bonds. The van der Waals surface area contributed by atoms with Gasteiger partial charge in [-0.2, -0.15) is 0 Å². The summed E-state index contributed by atoms with van der Waals surface area (Å²) in [7, 11) is -1.89. The third kappa shape index (κ3) is 19.3. The smallest absolute Gasteiger partial charge is 0.0877 e. The number of hydrogen-bond acceptors (Lipinski definition) is 1. The van der Waals surface area contributed by atoms with Gasteiger partial charge in [-0.1, -0.05) is 124 Å². The Morgan fingerprint density at radius 1 is 0.370 bits per heavy atom. The summed E-state index contributed by atoms with van der Waals surface area (Å²) in [5.41, 5.74) is 0. The first-order chi connectivity index (χ1) is 13.2. The predicted octanol–water partition coefficient (Wildman–Crippen LogP) is 9.82. The van der Waals surface area contributed by atoms with Crippen LogP contribution in [0.4, 0.5) is 0 Å². The van der Waals surface area contributed by atoms with Crippen LogP contribution in [0.15, 0.2) is 0 Å². The molecule has 164 valence electrons. The largest absolute Gasteiger partial charge is 0.324 e. The van der Waals surface area contributed by atoms with Crippen molar-refractivity contribution in [3.63, 3.8) is 0 Å². The molecule has 0 rings (SSSR count). The van der Waals surface area contributed by atoms with Gasteiger partial charge in [0.25, 0.3) is 0 Å². The minimum atomic E-state index is -1.89. The van der Waals surface area contributed by atoms with E-state index >= 15 is 0 Å². The summed E-state index contributed by atoms with van der Waals surface area (Å²) in [5.74, 6) is 0. The van der Waals surface area contributed by atoms with Gasteiger partial charge in [0.1, 0.15) is 0 Å². The molecule has 0 aromatic rings. The first-order valence-corrected chi connectivity index (χ1v) is 15.0. The van der Waals surface area contributed by atoms with Crippen LogP contribution in [0.1, 0.15) is 143 Å². The minimum Gasteiger partial charge on any atom is -0.324 e. The number of rotatable bonds is 22. The molecule has 0 saturated heterocycles. The Labute approximate surface area is 173 Å². The lowest BCUT2D eigenvalue weighted by Gasteiger charge is -2.18. The van der Waals surface area contributed by atoms with Gasteiger partial charge in [-0.05, 0) is 19.3 Å². The molecule has 0 aromatic heterocycles. The van der Waals surface area contributed by atoms with Crippen molar-refractivity contribution in [2.24, 2.45) is 0 Å². The highest BCUT2D eigenvalue weighted by Crippen LogP contribution is 2.48. The molecule has 0 N–H and O–H groups in total. The zero-order valence-electron chi connectivity index (χ0n) is 19.4. The molecule has 0 saturated carbocycles. The van der Waals surface area contributed by atoms with Crippen molar-refractivity contribution < 1.29 is 4.57 Å². The molecular formula is C25H53OP. The maximum Gasteiger partial charge on any atom is 0.0877 e. The van der Waals surface area contributed by atoms with Gasteiger partial charge in [-0.15, -0.1) is 0 Å². The van der Waals surface area contributed by atoms with E-state index in [1.54, 1.807) is 0 Å². The Bertz CT molecular complexity index is 306. The molecule has 0 fully saturated rings. The third-order valence-electron chi connectivity index (χ3n) is 6.01. The lowest BCUT2D eigenvalue weighted by molar-refractivity contribution is 0.554. The Morgan fingerprint density at radius 3 is 0.852 bits per heavy atom. The van der Waals surface area contributed by atoms with E-state index in [-0.39, 0.29) is 0 Å². The van der Waals surface area contributed by atoms with Crippen molar-refractivity contribution in [3.8, 4) is 0 Å². The summed E-state index contributed by atoms with van der Waals surface area (Å²) in [6.45, 7) is 6.83. The highest BCUT2D eigenvalue weighted by molar-refractivity contribution is 7.63. The van der Waals surface area contributed by atoms with Gasteiger partial charge in [0.05, 0.1) is 7.14 Å². The zero-order chi connectivity index (χ0) is 20.1. The van der Waals surface area contributed by atoms with E-state index in [1.165, 1.54) is 122 Å². The second kappa shape index (κ2) is 21.0. The molecule has 0 atom stereocenters. The molecule has 0 radical (unpaired) electrons. The summed E-state index contributed by atoms with van der Waals surface area (Å²) >= 11 is 0. The van der Waals surface area contributed by atoms with Crippen LogP contribution in [-0.2, 0) is 4.57 Å². The molecule has 0 unspecified atom stereocenters. The predicted molar refractivity (Wildman–Crippen MR) is 127 cm³/mol. The van der Waals surface area contributed by atoms with E-state index in [0.29, 0.717) is 0 Å². The highest BCUT2D eigenvalue weighted by Gasteiger charge is 2.20. The van der Waals surface area contributed by atoms with E-state index in [1.807, 2.05) is 0 Å². The van der Waals surface area contributed by atoms with Gasteiger partial charge < -0.3 is 4.57 Å². The first-order valence-electron chi connectivity index (χ1n) is 12.8. The monoisotopic (exact) mass is 400 g/mol. The molecule has 0 heterocycles. The summed E-state index contributed by atoms with van der Waals surface area (Å²) in [5, 5.41) is 0. The average Bonchev–Trinajstić information content (AvgIpc) is 2.67. The van der Waals surface area contributed by atoms with Crippen LogP contribution in [0.25, 0.3) is 0 Å². The second-order valence-corrected chi connectivity index (χ2v) is 12.3. The molecule has 2 heteroatoms. The maximum absolute atomic E-state index is 13.5. The van der Waals surface area contributed by atoms with Gasteiger partial charge in [0, 0.05) is 18.5 Å². The molecular weight excluding hydrogens is 347 g/mol. The Balaban J connectivity index is 4.04. The SMILES string of the molecule is CCCCCCCCCP(=O)(CCCCCCCC)CCCCCCCC. The Hall–Kier alpha value is 0.230. The number of unbranched alkanes of at least 4 members (excludes halogenated alkanes) is 16. The van der Waals surface area contributed by atoms with Crippen molar-refractivity contribution >= 4 is 7.14 Å². The molecule has 1 nitrogen and oxygen atoms in total. The fourth-order valence-electron chi connectivity index (χ4n) is 4.05. The lowest BCUT2D eigenvalue weighted by Crippen LogP contribution is -2.02. The summed E-state index contributed by atoms with van der Waals surface area (Å²) < 4.78 is 13.5. The fourth-order valence-corrected chi connectivity index (χ4v) is 7.12. The molecule has 0 aliphatic carbocycles. The van der Waals surface area contributed by atoms with Crippen LogP contribution in [-0.4, -0.2) is 18.5 Å². The Kier molecular flexibility index (Phi) is 21.1. The number of hydrogen-bond donors (Lipinski definition) is 0. The molecule has 0 spiro atoms. The first kappa shape index (κ1) is 27.2. The van der Waals surface area contributed by atoms with Crippen LogP contribution >= 0.6 is 7.14 Å². The summed E-state index contributed by atoms with van der Waals surface area (Å²) in [6.07, 6.45) is 28.3. The van der Waals surface area contributed by atoms with E-state index in [9.17, 15) is 4.57 Å². The highest BCUT2D eigenvalue weighted by atomic mass is 31.2. The van der Waals surface area contributed by atoms with Gasteiger partial charge in [0.2, 0.25) is 0 Å². The van der Waals surface area contributed by atoms with Crippen LogP contribution < -0.4 is 0 Å². The van der Waals surface area contributed by atoms with Gasteiger partial charge in [-0.25, -0.2) is 0 Å². The van der Waals surface area contributed by atoms with E-state index in [2.05, 4.69) is 20.8 Å². The molecule has 27 heavy (non-hydrogen) atoms. The second-order valence-electron chi connectivity index (χ2n) is 8.89. The van der Waals surface area contributed by atoms with Gasteiger partial charge >= 0.3 is 0 Å². The zero-order valence-corrected chi connectivity index (χ0v) is 20.3. The fraction of sp³-hybridized carbons (Fsp3) is 1.00. The third-order valence-corrected chi connectivity index (χ3v) is 9.40. The topological polar surface area (TPSA) is 17.1 Å². The van der Waals surface area contributed by atoms with Crippen LogP contribution in [0.3, 0.4) is 0 Å². The van der Waals surface area contributed by atoms with Gasteiger partial charge in [-0.3, -0.25) is 0 Å². The average molecular weight is 401 g/mol. The van der Waals surface area contributed by atoms with E-state index < -0.39 is 7.14 Å². The molecule has 0 aliphatic rings. The van der Waals surface area contributed by atoms with Crippen molar-refractivity contribution in [1.82, 2.24) is 0 Å². The lowest BCUT2D eigenvalue weighted by atomic mass is 10.1. The maximum atomic E-state index is 13.5. The van der Waals surface area contributed by atoms with Crippen molar-refractivity contribution in [2.75, 3.05) is 18.5 Å². The van der Waals surface area contributed by atoms with Gasteiger partial charge in [0.15, 0.2) is 0 Å². The van der Waals surface area contributed by atoms with Crippen LogP contribution in [0.5, 0.6) is 0 Å². The molecule has 0 aromatic carbocycles. The molecule has 0 bridgehead atoms.